The van der Waals surface area contributed by atoms with Crippen molar-refractivity contribution in [2.75, 3.05) is 6.26 Å². The first-order valence-corrected chi connectivity index (χ1v) is 8.42. The van der Waals surface area contributed by atoms with Crippen molar-refractivity contribution in [2.45, 2.75) is 32.7 Å². The van der Waals surface area contributed by atoms with Gasteiger partial charge in [-0.2, -0.15) is 4.98 Å². The minimum absolute atomic E-state index is 0.00803. The van der Waals surface area contributed by atoms with E-state index in [1.165, 1.54) is 5.56 Å². The van der Waals surface area contributed by atoms with Crippen LogP contribution in [-0.4, -0.2) is 24.8 Å². The van der Waals surface area contributed by atoms with Crippen molar-refractivity contribution in [2.24, 2.45) is 0 Å². The van der Waals surface area contributed by atoms with Crippen LogP contribution in [0.25, 0.3) is 11.4 Å². The molecule has 0 amide bonds. The Balaban J connectivity index is 2.14. The summed E-state index contributed by atoms with van der Waals surface area (Å²) in [6.45, 7) is 6.42. The summed E-state index contributed by atoms with van der Waals surface area (Å²) >= 11 is 0. The summed E-state index contributed by atoms with van der Waals surface area (Å²) in [5, 5.41) is 3.86. The van der Waals surface area contributed by atoms with Crippen LogP contribution < -0.4 is 4.72 Å². The monoisotopic (exact) mass is 309 g/mol. The SMILES string of the molecule is CC(C)(C)c1ccc(-c2noc(CNS(C)(=O)=O)n2)cc1. The van der Waals surface area contributed by atoms with Crippen LogP contribution in [0.4, 0.5) is 0 Å². The third-order valence-corrected chi connectivity index (χ3v) is 3.63. The molecule has 0 aliphatic carbocycles. The maximum absolute atomic E-state index is 11.0. The molecule has 1 heterocycles. The molecule has 0 aliphatic heterocycles. The molecule has 21 heavy (non-hydrogen) atoms. The summed E-state index contributed by atoms with van der Waals surface area (Å²) in [7, 11) is -3.28. The Morgan fingerprint density at radius 2 is 1.81 bits per heavy atom. The predicted octanol–water partition coefficient (Wildman–Crippen LogP) is 2.08. The van der Waals surface area contributed by atoms with Gasteiger partial charge in [0.25, 0.3) is 0 Å². The van der Waals surface area contributed by atoms with Gasteiger partial charge in [0.15, 0.2) is 0 Å². The van der Waals surface area contributed by atoms with Crippen molar-refractivity contribution in [1.29, 1.82) is 0 Å². The second kappa shape index (κ2) is 5.57. The number of aromatic nitrogens is 2. The first-order valence-electron chi connectivity index (χ1n) is 6.53. The van der Waals surface area contributed by atoms with E-state index in [9.17, 15) is 8.42 Å². The lowest BCUT2D eigenvalue weighted by Crippen LogP contribution is -2.21. The highest BCUT2D eigenvalue weighted by atomic mass is 32.2. The molecular weight excluding hydrogens is 290 g/mol. The summed E-state index contributed by atoms with van der Waals surface area (Å²) in [4.78, 5) is 4.17. The Morgan fingerprint density at radius 1 is 1.19 bits per heavy atom. The van der Waals surface area contributed by atoms with Gasteiger partial charge in [-0.05, 0) is 11.0 Å². The van der Waals surface area contributed by atoms with Gasteiger partial charge in [0.05, 0.1) is 12.8 Å². The molecule has 0 fully saturated rings. The number of nitrogens with one attached hydrogen (secondary N) is 1. The van der Waals surface area contributed by atoms with E-state index in [2.05, 4.69) is 35.6 Å². The van der Waals surface area contributed by atoms with Gasteiger partial charge in [-0.25, -0.2) is 13.1 Å². The number of hydrogen-bond donors (Lipinski definition) is 1. The van der Waals surface area contributed by atoms with E-state index in [1.54, 1.807) is 0 Å². The van der Waals surface area contributed by atoms with Crippen molar-refractivity contribution in [3.8, 4) is 11.4 Å². The quantitative estimate of drug-likeness (QED) is 0.934. The van der Waals surface area contributed by atoms with Crippen LogP contribution in [0, 0.1) is 0 Å². The van der Waals surface area contributed by atoms with Gasteiger partial charge in [0.2, 0.25) is 21.7 Å². The average molecular weight is 309 g/mol. The van der Waals surface area contributed by atoms with Gasteiger partial charge < -0.3 is 4.52 Å². The minimum atomic E-state index is -3.28. The molecule has 0 spiro atoms. The number of nitrogens with zero attached hydrogens (tertiary/aromatic N) is 2. The summed E-state index contributed by atoms with van der Waals surface area (Å²) in [6.07, 6.45) is 1.08. The van der Waals surface area contributed by atoms with E-state index >= 15 is 0 Å². The van der Waals surface area contributed by atoms with E-state index < -0.39 is 10.0 Å². The lowest BCUT2D eigenvalue weighted by atomic mass is 9.87. The Bertz CT molecular complexity index is 713. The molecule has 0 atom stereocenters. The van der Waals surface area contributed by atoms with E-state index in [4.69, 9.17) is 4.52 Å². The molecule has 0 saturated carbocycles. The molecule has 114 valence electrons. The first-order chi connectivity index (χ1) is 9.65. The van der Waals surface area contributed by atoms with Gasteiger partial charge in [-0.3, -0.25) is 0 Å². The molecule has 0 radical (unpaired) electrons. The molecule has 0 aliphatic rings. The minimum Gasteiger partial charge on any atom is -0.338 e. The zero-order valence-electron chi connectivity index (χ0n) is 12.5. The molecule has 7 heteroatoms. The fraction of sp³-hybridized carbons (Fsp3) is 0.429. The lowest BCUT2D eigenvalue weighted by Gasteiger charge is -2.18. The number of rotatable bonds is 4. The summed E-state index contributed by atoms with van der Waals surface area (Å²) < 4.78 is 29.4. The van der Waals surface area contributed by atoms with Crippen LogP contribution in [-0.2, 0) is 22.0 Å². The molecule has 1 aromatic heterocycles. The average Bonchev–Trinajstić information content (AvgIpc) is 2.83. The summed E-state index contributed by atoms with van der Waals surface area (Å²) in [6, 6.07) is 7.92. The number of hydrogen-bond acceptors (Lipinski definition) is 5. The van der Waals surface area contributed by atoms with Gasteiger partial charge in [-0.15, -0.1) is 0 Å². The maximum Gasteiger partial charge on any atom is 0.242 e. The predicted molar refractivity (Wildman–Crippen MR) is 80.1 cm³/mol. The Morgan fingerprint density at radius 3 is 2.33 bits per heavy atom. The van der Waals surface area contributed by atoms with Gasteiger partial charge in [0, 0.05) is 5.56 Å². The molecule has 6 nitrogen and oxygen atoms in total. The molecule has 0 saturated heterocycles. The van der Waals surface area contributed by atoms with Crippen LogP contribution in [0.3, 0.4) is 0 Å². The summed E-state index contributed by atoms with van der Waals surface area (Å²) in [5.41, 5.74) is 2.13. The Kier molecular flexibility index (Phi) is 4.15. The van der Waals surface area contributed by atoms with Crippen molar-refractivity contribution >= 4 is 10.0 Å². The normalized spacial score (nSPS) is 12.6. The third-order valence-electron chi connectivity index (χ3n) is 2.96. The topological polar surface area (TPSA) is 85.1 Å². The highest BCUT2D eigenvalue weighted by Crippen LogP contribution is 2.24. The second-order valence-electron chi connectivity index (χ2n) is 5.93. The smallest absolute Gasteiger partial charge is 0.242 e. The van der Waals surface area contributed by atoms with Crippen LogP contribution in [0.5, 0.6) is 0 Å². The fourth-order valence-corrected chi connectivity index (χ4v) is 2.14. The van der Waals surface area contributed by atoms with E-state index in [0.29, 0.717) is 5.82 Å². The highest BCUT2D eigenvalue weighted by Gasteiger charge is 2.15. The van der Waals surface area contributed by atoms with E-state index in [-0.39, 0.29) is 17.9 Å². The van der Waals surface area contributed by atoms with E-state index in [0.717, 1.165) is 11.8 Å². The van der Waals surface area contributed by atoms with Crippen LogP contribution >= 0.6 is 0 Å². The Labute approximate surface area is 124 Å². The molecule has 0 unspecified atom stereocenters. The molecule has 1 N–H and O–H groups in total. The zero-order valence-corrected chi connectivity index (χ0v) is 13.4. The fourth-order valence-electron chi connectivity index (χ4n) is 1.76. The largest absolute Gasteiger partial charge is 0.338 e. The van der Waals surface area contributed by atoms with Crippen molar-refractivity contribution in [3.05, 3.63) is 35.7 Å². The highest BCUT2D eigenvalue weighted by molar-refractivity contribution is 7.88. The molecule has 0 bridgehead atoms. The number of benzene rings is 1. The van der Waals surface area contributed by atoms with Gasteiger partial charge in [0.1, 0.15) is 0 Å². The third kappa shape index (κ3) is 4.37. The molecule has 1 aromatic carbocycles. The van der Waals surface area contributed by atoms with Gasteiger partial charge >= 0.3 is 0 Å². The van der Waals surface area contributed by atoms with Crippen molar-refractivity contribution in [3.63, 3.8) is 0 Å². The van der Waals surface area contributed by atoms with E-state index in [1.807, 2.05) is 24.3 Å². The summed E-state index contributed by atoms with van der Waals surface area (Å²) in [5.74, 6) is 0.677. The van der Waals surface area contributed by atoms with Crippen LogP contribution in [0.2, 0.25) is 0 Å². The maximum atomic E-state index is 11.0. The zero-order chi connectivity index (χ0) is 15.7. The van der Waals surface area contributed by atoms with Crippen molar-refractivity contribution in [1.82, 2.24) is 14.9 Å². The molecular formula is C14H19N3O3S. The standard InChI is InChI=1S/C14H19N3O3S/c1-14(2,3)11-7-5-10(6-8-11)13-16-12(20-17-13)9-15-21(4,18)19/h5-8,15H,9H2,1-4H3. The molecule has 2 rings (SSSR count). The Hall–Kier alpha value is -1.73. The second-order valence-corrected chi connectivity index (χ2v) is 7.77. The van der Waals surface area contributed by atoms with Crippen LogP contribution in [0.1, 0.15) is 32.2 Å². The number of sulfonamides is 1. The first kappa shape index (κ1) is 15.7. The lowest BCUT2D eigenvalue weighted by molar-refractivity contribution is 0.376. The molecule has 2 aromatic rings. The van der Waals surface area contributed by atoms with Crippen LogP contribution in [0.15, 0.2) is 28.8 Å². The van der Waals surface area contributed by atoms with Gasteiger partial charge in [-0.1, -0.05) is 50.2 Å². The van der Waals surface area contributed by atoms with Crippen molar-refractivity contribution < 1.29 is 12.9 Å².